The van der Waals surface area contributed by atoms with Crippen LogP contribution in [0.3, 0.4) is 0 Å². The summed E-state index contributed by atoms with van der Waals surface area (Å²) in [5, 5.41) is 0.544. The van der Waals surface area contributed by atoms with E-state index < -0.39 is 11.4 Å². The van der Waals surface area contributed by atoms with E-state index >= 15 is 0 Å². The van der Waals surface area contributed by atoms with Gasteiger partial charge < -0.3 is 4.74 Å². The van der Waals surface area contributed by atoms with Gasteiger partial charge in [-0.3, -0.25) is 9.36 Å². The molecular weight excluding hydrogens is 393 g/mol. The average molecular weight is 408 g/mol. The first-order chi connectivity index (χ1) is 14.1. The Kier molecular flexibility index (Phi) is 5.10. The second kappa shape index (κ2) is 7.85. The lowest BCUT2D eigenvalue weighted by Crippen LogP contribution is -2.22. The van der Waals surface area contributed by atoms with Crippen molar-refractivity contribution < 1.29 is 9.13 Å². The number of benzene rings is 2. The Morgan fingerprint density at radius 2 is 1.86 bits per heavy atom. The van der Waals surface area contributed by atoms with Gasteiger partial charge in [-0.05, 0) is 48.6 Å². The minimum atomic E-state index is -0.508. The molecule has 0 spiro atoms. The molecule has 0 aliphatic heterocycles. The predicted molar refractivity (Wildman–Crippen MR) is 112 cm³/mol. The third-order valence-corrected chi connectivity index (χ3v) is 4.63. The lowest BCUT2D eigenvalue weighted by atomic mass is 10.2. The maximum absolute atomic E-state index is 13.7. The van der Waals surface area contributed by atoms with Gasteiger partial charge in [0.15, 0.2) is 0 Å². The number of ether oxygens (including phenoxy) is 1. The molecule has 2 aromatic heterocycles. The SMILES string of the molecule is COc1cccc(/C=C/c2nc3ccc(F)cc3c(=O)n2-c2ccccc2Cl)n1. The number of para-hydroxylation sites is 1. The molecule has 144 valence electrons. The molecule has 0 aliphatic carbocycles. The molecule has 0 atom stereocenters. The number of hydrogen-bond acceptors (Lipinski definition) is 4. The van der Waals surface area contributed by atoms with Crippen LogP contribution in [0.4, 0.5) is 4.39 Å². The Balaban J connectivity index is 1.95. The van der Waals surface area contributed by atoms with Gasteiger partial charge in [0.2, 0.25) is 5.88 Å². The Morgan fingerprint density at radius 1 is 1.03 bits per heavy atom. The molecule has 2 heterocycles. The van der Waals surface area contributed by atoms with Gasteiger partial charge in [-0.2, -0.15) is 0 Å². The highest BCUT2D eigenvalue weighted by molar-refractivity contribution is 6.32. The molecule has 4 aromatic rings. The van der Waals surface area contributed by atoms with Crippen LogP contribution < -0.4 is 10.3 Å². The summed E-state index contributed by atoms with van der Waals surface area (Å²) in [5.74, 6) is 0.301. The van der Waals surface area contributed by atoms with Gasteiger partial charge in [-0.1, -0.05) is 29.8 Å². The summed E-state index contributed by atoms with van der Waals surface area (Å²) in [6.07, 6.45) is 3.38. The average Bonchev–Trinajstić information content (AvgIpc) is 2.74. The van der Waals surface area contributed by atoms with Gasteiger partial charge in [0.1, 0.15) is 11.6 Å². The summed E-state index contributed by atoms with van der Waals surface area (Å²) in [4.78, 5) is 22.1. The summed E-state index contributed by atoms with van der Waals surface area (Å²) in [5.41, 5.74) is 1.05. The van der Waals surface area contributed by atoms with E-state index in [9.17, 15) is 9.18 Å². The molecule has 0 fully saturated rings. The summed E-state index contributed by atoms with van der Waals surface area (Å²) < 4.78 is 20.2. The van der Waals surface area contributed by atoms with E-state index in [1.54, 1.807) is 48.6 Å². The van der Waals surface area contributed by atoms with Gasteiger partial charge in [0, 0.05) is 6.07 Å². The molecule has 0 aliphatic rings. The highest BCUT2D eigenvalue weighted by Crippen LogP contribution is 2.22. The third kappa shape index (κ3) is 3.75. The van der Waals surface area contributed by atoms with E-state index in [-0.39, 0.29) is 5.39 Å². The third-order valence-electron chi connectivity index (χ3n) is 4.31. The van der Waals surface area contributed by atoms with Crippen molar-refractivity contribution in [2.45, 2.75) is 0 Å². The van der Waals surface area contributed by atoms with Crippen LogP contribution in [0.5, 0.6) is 5.88 Å². The predicted octanol–water partition coefficient (Wildman–Crippen LogP) is 4.75. The molecule has 0 saturated heterocycles. The van der Waals surface area contributed by atoms with Gasteiger partial charge in [0.05, 0.1) is 34.4 Å². The molecule has 29 heavy (non-hydrogen) atoms. The summed E-state index contributed by atoms with van der Waals surface area (Å²) in [7, 11) is 1.54. The van der Waals surface area contributed by atoms with E-state index in [2.05, 4.69) is 9.97 Å². The van der Waals surface area contributed by atoms with E-state index in [1.807, 2.05) is 6.07 Å². The summed E-state index contributed by atoms with van der Waals surface area (Å²) >= 11 is 6.33. The number of halogens is 2. The van der Waals surface area contributed by atoms with Gasteiger partial charge in [-0.25, -0.2) is 14.4 Å². The summed E-state index contributed by atoms with van der Waals surface area (Å²) in [6.45, 7) is 0. The minimum Gasteiger partial charge on any atom is -0.481 e. The number of pyridine rings is 1. The number of aromatic nitrogens is 3. The number of hydrogen-bond donors (Lipinski definition) is 0. The molecule has 0 unspecified atom stereocenters. The van der Waals surface area contributed by atoms with E-state index in [4.69, 9.17) is 16.3 Å². The van der Waals surface area contributed by atoms with Crippen LogP contribution in [0.15, 0.2) is 65.5 Å². The Labute approximate surface area is 170 Å². The fraction of sp³-hybridized carbons (Fsp3) is 0.0455. The fourth-order valence-electron chi connectivity index (χ4n) is 2.95. The second-order valence-electron chi connectivity index (χ2n) is 6.16. The van der Waals surface area contributed by atoms with E-state index in [1.165, 1.54) is 29.9 Å². The van der Waals surface area contributed by atoms with Crippen LogP contribution in [-0.4, -0.2) is 21.6 Å². The number of fused-ring (bicyclic) bond motifs is 1. The van der Waals surface area contributed by atoms with Crippen molar-refractivity contribution in [1.29, 1.82) is 0 Å². The van der Waals surface area contributed by atoms with Crippen molar-refractivity contribution in [2.24, 2.45) is 0 Å². The van der Waals surface area contributed by atoms with Crippen molar-refractivity contribution in [2.75, 3.05) is 7.11 Å². The first kappa shape index (κ1) is 18.8. The fourth-order valence-corrected chi connectivity index (χ4v) is 3.17. The zero-order valence-corrected chi connectivity index (χ0v) is 16.1. The Hall–Kier alpha value is -3.51. The standard InChI is InChI=1S/C22H15ClFN3O2/c1-29-21-8-4-5-15(25-21)10-12-20-26-18-11-9-14(24)13-16(18)22(28)27(20)19-7-3-2-6-17(19)23/h2-13H,1H3/b12-10+. The Bertz CT molecular complexity index is 1300. The largest absolute Gasteiger partial charge is 0.481 e. The zero-order valence-electron chi connectivity index (χ0n) is 15.3. The molecule has 0 N–H and O–H groups in total. The van der Waals surface area contributed by atoms with Crippen LogP contribution in [0.1, 0.15) is 11.5 Å². The van der Waals surface area contributed by atoms with Crippen LogP contribution in [0.2, 0.25) is 5.02 Å². The van der Waals surface area contributed by atoms with Crippen molar-refractivity contribution >= 4 is 34.7 Å². The second-order valence-corrected chi connectivity index (χ2v) is 6.57. The van der Waals surface area contributed by atoms with E-state index in [0.29, 0.717) is 33.6 Å². The molecule has 0 radical (unpaired) electrons. The topological polar surface area (TPSA) is 57.0 Å². The summed E-state index contributed by atoms with van der Waals surface area (Å²) in [6, 6.07) is 16.2. The zero-order chi connectivity index (χ0) is 20.4. The normalized spacial score (nSPS) is 11.3. The van der Waals surface area contributed by atoms with Crippen LogP contribution in [-0.2, 0) is 0 Å². The monoisotopic (exact) mass is 407 g/mol. The van der Waals surface area contributed by atoms with Crippen LogP contribution in [0, 0.1) is 5.82 Å². The van der Waals surface area contributed by atoms with Gasteiger partial charge in [-0.15, -0.1) is 0 Å². The van der Waals surface area contributed by atoms with E-state index in [0.717, 1.165) is 0 Å². The van der Waals surface area contributed by atoms with Crippen molar-refractivity contribution in [3.8, 4) is 11.6 Å². The van der Waals surface area contributed by atoms with Crippen molar-refractivity contribution in [3.05, 3.63) is 93.4 Å². The molecule has 7 heteroatoms. The molecular formula is C22H15ClFN3O2. The quantitative estimate of drug-likeness (QED) is 0.489. The maximum atomic E-state index is 13.7. The first-order valence-corrected chi connectivity index (χ1v) is 9.11. The lowest BCUT2D eigenvalue weighted by Gasteiger charge is -2.12. The molecule has 0 bridgehead atoms. The smallest absolute Gasteiger partial charge is 0.266 e. The van der Waals surface area contributed by atoms with Crippen LogP contribution >= 0.6 is 11.6 Å². The molecule has 0 saturated carbocycles. The highest BCUT2D eigenvalue weighted by Gasteiger charge is 2.14. The highest BCUT2D eigenvalue weighted by atomic mass is 35.5. The van der Waals surface area contributed by atoms with Gasteiger partial charge in [0.25, 0.3) is 5.56 Å². The Morgan fingerprint density at radius 3 is 2.66 bits per heavy atom. The van der Waals surface area contributed by atoms with Crippen molar-refractivity contribution in [3.63, 3.8) is 0 Å². The number of rotatable bonds is 4. The maximum Gasteiger partial charge on any atom is 0.266 e. The molecule has 0 amide bonds. The van der Waals surface area contributed by atoms with Gasteiger partial charge >= 0.3 is 0 Å². The number of methoxy groups -OCH3 is 1. The molecule has 5 nitrogen and oxygen atoms in total. The van der Waals surface area contributed by atoms with Crippen LogP contribution in [0.25, 0.3) is 28.7 Å². The van der Waals surface area contributed by atoms with Crippen molar-refractivity contribution in [1.82, 2.24) is 14.5 Å². The lowest BCUT2D eigenvalue weighted by molar-refractivity contribution is 0.397. The minimum absolute atomic E-state index is 0.168. The first-order valence-electron chi connectivity index (χ1n) is 8.73. The molecule has 4 rings (SSSR count). The number of nitrogens with zero attached hydrogens (tertiary/aromatic N) is 3. The molecule has 2 aromatic carbocycles.